The maximum Gasteiger partial charge on any atom is 0.236 e. The molecule has 16 heavy (non-hydrogen) atoms. The summed E-state index contributed by atoms with van der Waals surface area (Å²) in [5.41, 5.74) is 0. The van der Waals surface area contributed by atoms with Crippen LogP contribution in [-0.2, 0) is 11.3 Å². The molecule has 1 N–H and O–H groups in total. The highest BCUT2D eigenvalue weighted by Crippen LogP contribution is 2.23. The van der Waals surface area contributed by atoms with Crippen LogP contribution < -0.4 is 5.32 Å². The summed E-state index contributed by atoms with van der Waals surface area (Å²) in [7, 11) is 0. The number of thiophene rings is 1. The van der Waals surface area contributed by atoms with E-state index in [1.807, 2.05) is 24.8 Å². The number of nitrogens with zero attached hydrogens (tertiary/aromatic N) is 1. The van der Waals surface area contributed by atoms with E-state index in [1.165, 1.54) is 4.88 Å². The van der Waals surface area contributed by atoms with Gasteiger partial charge in [0.15, 0.2) is 0 Å². The quantitative estimate of drug-likeness (QED) is 0.875. The summed E-state index contributed by atoms with van der Waals surface area (Å²) in [6.07, 6.45) is 0. The lowest BCUT2D eigenvalue weighted by molar-refractivity contribution is -0.130. The molecule has 0 radical (unpaired) electrons. The van der Waals surface area contributed by atoms with E-state index in [2.05, 4.69) is 27.3 Å². The fourth-order valence-corrected chi connectivity index (χ4v) is 2.84. The van der Waals surface area contributed by atoms with E-state index in [0.29, 0.717) is 13.1 Å². The molecule has 1 amide bonds. The van der Waals surface area contributed by atoms with Crippen LogP contribution in [0.15, 0.2) is 15.9 Å². The zero-order valence-electron chi connectivity index (χ0n) is 9.62. The van der Waals surface area contributed by atoms with Crippen molar-refractivity contribution in [1.82, 2.24) is 10.2 Å². The third-order valence-electron chi connectivity index (χ3n) is 2.24. The third kappa shape index (κ3) is 4.23. The Bertz CT molecular complexity index is 340. The van der Waals surface area contributed by atoms with Gasteiger partial charge < -0.3 is 10.2 Å². The molecule has 0 saturated heterocycles. The summed E-state index contributed by atoms with van der Waals surface area (Å²) >= 11 is 5.10. The zero-order valence-corrected chi connectivity index (χ0v) is 12.0. The van der Waals surface area contributed by atoms with Crippen molar-refractivity contribution < 1.29 is 4.79 Å². The van der Waals surface area contributed by atoms with E-state index in [1.54, 1.807) is 11.3 Å². The molecule has 1 aromatic heterocycles. The highest BCUT2D eigenvalue weighted by Gasteiger charge is 2.12. The van der Waals surface area contributed by atoms with Crippen molar-refractivity contribution in [2.75, 3.05) is 19.6 Å². The second-order valence-corrected chi connectivity index (χ2v) is 5.94. The highest BCUT2D eigenvalue weighted by molar-refractivity contribution is 9.11. The maximum atomic E-state index is 11.8. The van der Waals surface area contributed by atoms with Gasteiger partial charge in [0.1, 0.15) is 0 Å². The number of hydrogen-bond donors (Lipinski definition) is 1. The molecule has 1 aromatic rings. The standard InChI is InChI=1S/C11H17BrN2OS/c1-3-13-7-11(15)14(4-2)8-9-5-6-10(12)16-9/h5-6,13H,3-4,7-8H2,1-2H3. The molecule has 3 nitrogen and oxygen atoms in total. The second-order valence-electron chi connectivity index (χ2n) is 3.39. The molecular weight excluding hydrogens is 288 g/mol. The number of nitrogens with one attached hydrogen (secondary N) is 1. The van der Waals surface area contributed by atoms with Crippen LogP contribution in [0.25, 0.3) is 0 Å². The molecule has 0 saturated carbocycles. The molecule has 0 fully saturated rings. The molecule has 5 heteroatoms. The molecule has 0 unspecified atom stereocenters. The molecule has 0 aliphatic rings. The van der Waals surface area contributed by atoms with E-state index >= 15 is 0 Å². The summed E-state index contributed by atoms with van der Waals surface area (Å²) in [5.74, 6) is 0.161. The van der Waals surface area contributed by atoms with Gasteiger partial charge in [-0.05, 0) is 41.5 Å². The van der Waals surface area contributed by atoms with Gasteiger partial charge in [0.2, 0.25) is 5.91 Å². The van der Waals surface area contributed by atoms with Crippen LogP contribution >= 0.6 is 27.3 Å². The van der Waals surface area contributed by atoms with Crippen LogP contribution in [0.4, 0.5) is 0 Å². The first-order valence-electron chi connectivity index (χ1n) is 5.40. The number of carbonyl (C=O) groups is 1. The third-order valence-corrected chi connectivity index (χ3v) is 3.84. The molecule has 1 rings (SSSR count). The van der Waals surface area contributed by atoms with E-state index < -0.39 is 0 Å². The average Bonchev–Trinajstić information content (AvgIpc) is 2.68. The van der Waals surface area contributed by atoms with Crippen molar-refractivity contribution in [3.05, 3.63) is 20.8 Å². The molecule has 0 aromatic carbocycles. The Morgan fingerprint density at radius 2 is 2.25 bits per heavy atom. The van der Waals surface area contributed by atoms with Crippen molar-refractivity contribution in [3.8, 4) is 0 Å². The summed E-state index contributed by atoms with van der Waals surface area (Å²) in [4.78, 5) is 14.9. The molecular formula is C11H17BrN2OS. The van der Waals surface area contributed by atoms with Gasteiger partial charge in [0.25, 0.3) is 0 Å². The number of halogens is 1. The van der Waals surface area contributed by atoms with Crippen LogP contribution in [0.3, 0.4) is 0 Å². The lowest BCUT2D eigenvalue weighted by atomic mass is 10.4. The first kappa shape index (κ1) is 13.7. The normalized spacial score (nSPS) is 10.4. The van der Waals surface area contributed by atoms with Gasteiger partial charge in [-0.25, -0.2) is 0 Å². The molecule has 0 aliphatic carbocycles. The van der Waals surface area contributed by atoms with E-state index in [4.69, 9.17) is 0 Å². The molecule has 0 spiro atoms. The fourth-order valence-electron chi connectivity index (χ4n) is 1.34. The van der Waals surface area contributed by atoms with Crippen molar-refractivity contribution in [2.45, 2.75) is 20.4 Å². The summed E-state index contributed by atoms with van der Waals surface area (Å²) < 4.78 is 1.11. The fraction of sp³-hybridized carbons (Fsp3) is 0.545. The Hall–Kier alpha value is -0.390. The van der Waals surface area contributed by atoms with Gasteiger partial charge in [-0.3, -0.25) is 4.79 Å². The van der Waals surface area contributed by atoms with Gasteiger partial charge in [-0.2, -0.15) is 0 Å². The van der Waals surface area contributed by atoms with Crippen LogP contribution in [-0.4, -0.2) is 30.4 Å². The Kier molecular flexibility index (Phi) is 6.01. The summed E-state index contributed by atoms with van der Waals surface area (Å²) in [6, 6.07) is 4.07. The van der Waals surface area contributed by atoms with E-state index in [-0.39, 0.29) is 5.91 Å². The van der Waals surface area contributed by atoms with Gasteiger partial charge >= 0.3 is 0 Å². The van der Waals surface area contributed by atoms with E-state index in [9.17, 15) is 4.79 Å². The molecule has 1 heterocycles. The Morgan fingerprint density at radius 1 is 1.50 bits per heavy atom. The minimum Gasteiger partial charge on any atom is -0.337 e. The van der Waals surface area contributed by atoms with Gasteiger partial charge in [-0.15, -0.1) is 11.3 Å². The first-order chi connectivity index (χ1) is 7.67. The molecule has 90 valence electrons. The number of likely N-dealkylation sites (N-methyl/N-ethyl adjacent to an activating group) is 2. The Morgan fingerprint density at radius 3 is 2.75 bits per heavy atom. The van der Waals surface area contributed by atoms with Crippen LogP contribution in [0.1, 0.15) is 18.7 Å². The summed E-state index contributed by atoms with van der Waals surface area (Å²) in [5, 5.41) is 3.06. The lowest BCUT2D eigenvalue weighted by Gasteiger charge is -2.20. The monoisotopic (exact) mass is 304 g/mol. The SMILES string of the molecule is CCNCC(=O)N(CC)Cc1ccc(Br)s1. The predicted octanol–water partition coefficient (Wildman–Crippen LogP) is 2.47. The van der Waals surface area contributed by atoms with Crippen LogP contribution in [0, 0.1) is 0 Å². The predicted molar refractivity (Wildman–Crippen MR) is 71.7 cm³/mol. The van der Waals surface area contributed by atoms with Gasteiger partial charge in [-0.1, -0.05) is 6.92 Å². The Labute approximate surface area is 109 Å². The van der Waals surface area contributed by atoms with E-state index in [0.717, 1.165) is 16.9 Å². The smallest absolute Gasteiger partial charge is 0.236 e. The van der Waals surface area contributed by atoms with Crippen molar-refractivity contribution in [1.29, 1.82) is 0 Å². The number of hydrogen-bond acceptors (Lipinski definition) is 3. The molecule has 0 aliphatic heterocycles. The number of carbonyl (C=O) groups excluding carboxylic acids is 1. The van der Waals surface area contributed by atoms with Crippen molar-refractivity contribution in [3.63, 3.8) is 0 Å². The molecule has 0 atom stereocenters. The van der Waals surface area contributed by atoms with Crippen molar-refractivity contribution in [2.24, 2.45) is 0 Å². The highest BCUT2D eigenvalue weighted by atomic mass is 79.9. The maximum absolute atomic E-state index is 11.8. The second kappa shape index (κ2) is 7.04. The first-order valence-corrected chi connectivity index (χ1v) is 7.01. The minimum atomic E-state index is 0.161. The largest absolute Gasteiger partial charge is 0.337 e. The topological polar surface area (TPSA) is 32.3 Å². The lowest BCUT2D eigenvalue weighted by Crippen LogP contribution is -2.37. The average molecular weight is 305 g/mol. The minimum absolute atomic E-state index is 0.161. The molecule has 0 bridgehead atoms. The van der Waals surface area contributed by atoms with Crippen LogP contribution in [0.2, 0.25) is 0 Å². The van der Waals surface area contributed by atoms with Gasteiger partial charge in [0.05, 0.1) is 16.9 Å². The number of amides is 1. The zero-order chi connectivity index (χ0) is 12.0. The van der Waals surface area contributed by atoms with Crippen LogP contribution in [0.5, 0.6) is 0 Å². The summed E-state index contributed by atoms with van der Waals surface area (Å²) in [6.45, 7) is 6.72. The number of rotatable bonds is 6. The Balaban J connectivity index is 2.51. The van der Waals surface area contributed by atoms with Crippen molar-refractivity contribution >= 4 is 33.2 Å². The van der Waals surface area contributed by atoms with Gasteiger partial charge in [0, 0.05) is 11.4 Å².